The number of rotatable bonds is 9. The van der Waals surface area contributed by atoms with Gasteiger partial charge in [-0.2, -0.15) is 0 Å². The lowest BCUT2D eigenvalue weighted by Gasteiger charge is -2.23. The van der Waals surface area contributed by atoms with Crippen LogP contribution in [0.15, 0.2) is 85.5 Å². The number of anilines is 2. The van der Waals surface area contributed by atoms with Crippen LogP contribution in [0.1, 0.15) is 24.0 Å². The van der Waals surface area contributed by atoms with Crippen LogP contribution in [0, 0.1) is 6.92 Å². The summed E-state index contributed by atoms with van der Waals surface area (Å²) in [5.74, 6) is 1.37. The molecule has 1 aliphatic rings. The van der Waals surface area contributed by atoms with Gasteiger partial charge >= 0.3 is 0 Å². The molecule has 1 aliphatic heterocycles. The largest absolute Gasteiger partial charge is 0.437 e. The van der Waals surface area contributed by atoms with Crippen LogP contribution < -0.4 is 20.1 Å². The number of nitrogens with zero attached hydrogens (tertiary/aromatic N) is 4. The highest BCUT2D eigenvalue weighted by atomic mass is 32.2. The standard InChI is InChI=1S/C31H31N7O3S/c1-21-9-10-24-25(6-2-8-28(24)38-42(39,40)20-22-11-16-32-17-12-22)29(21)41-30-26(7-4-15-34-30)27-13-18-35-31(37-27)36-23-5-3-14-33-19-23/h2,4,6-13,15-18,23,33,38H,3,5,14,19-20H2,1H3,(H,35,36,37)/t23-/m0/s1. The van der Waals surface area contributed by atoms with Crippen LogP contribution in [0.25, 0.3) is 22.0 Å². The van der Waals surface area contributed by atoms with Gasteiger partial charge in [0.15, 0.2) is 0 Å². The molecule has 0 spiro atoms. The van der Waals surface area contributed by atoms with E-state index in [-0.39, 0.29) is 11.8 Å². The maximum absolute atomic E-state index is 13.0. The Kier molecular flexibility index (Phi) is 7.93. The Bertz CT molecular complexity index is 1810. The van der Waals surface area contributed by atoms with E-state index >= 15 is 0 Å². The highest BCUT2D eigenvalue weighted by Crippen LogP contribution is 2.39. The second-order valence-corrected chi connectivity index (χ2v) is 12.0. The Hall–Kier alpha value is -4.61. The molecule has 0 amide bonds. The van der Waals surface area contributed by atoms with Gasteiger partial charge in [-0.1, -0.05) is 24.3 Å². The molecular weight excluding hydrogens is 550 g/mol. The lowest BCUT2D eigenvalue weighted by atomic mass is 10.0. The molecule has 42 heavy (non-hydrogen) atoms. The number of aryl methyl sites for hydroxylation is 1. The van der Waals surface area contributed by atoms with Crippen molar-refractivity contribution < 1.29 is 13.2 Å². The summed E-state index contributed by atoms with van der Waals surface area (Å²) in [6.45, 7) is 3.85. The Morgan fingerprint density at radius 2 is 1.83 bits per heavy atom. The topological polar surface area (TPSA) is 131 Å². The summed E-state index contributed by atoms with van der Waals surface area (Å²) in [5.41, 5.74) is 3.40. The summed E-state index contributed by atoms with van der Waals surface area (Å²) in [6, 6.07) is 18.5. The lowest BCUT2D eigenvalue weighted by molar-refractivity contribution is 0.466. The fraction of sp³-hybridized carbons (Fsp3) is 0.226. The average Bonchev–Trinajstić information content (AvgIpc) is 3.00. The predicted molar refractivity (Wildman–Crippen MR) is 164 cm³/mol. The van der Waals surface area contributed by atoms with Crippen molar-refractivity contribution in [3.8, 4) is 22.9 Å². The summed E-state index contributed by atoms with van der Waals surface area (Å²) < 4.78 is 35.3. The van der Waals surface area contributed by atoms with Gasteiger partial charge < -0.3 is 15.4 Å². The van der Waals surface area contributed by atoms with Gasteiger partial charge in [-0.15, -0.1) is 0 Å². The van der Waals surface area contributed by atoms with Crippen molar-refractivity contribution in [2.75, 3.05) is 23.1 Å². The first kappa shape index (κ1) is 27.6. The van der Waals surface area contributed by atoms with E-state index in [0.29, 0.717) is 39.9 Å². The smallest absolute Gasteiger partial charge is 0.236 e. The first-order chi connectivity index (χ1) is 20.4. The predicted octanol–water partition coefficient (Wildman–Crippen LogP) is 5.29. The molecule has 11 heteroatoms. The van der Waals surface area contributed by atoms with E-state index in [9.17, 15) is 8.42 Å². The molecule has 3 aromatic heterocycles. The van der Waals surface area contributed by atoms with Gasteiger partial charge in [0.25, 0.3) is 0 Å². The summed E-state index contributed by atoms with van der Waals surface area (Å²) in [6.07, 6.45) is 8.72. The zero-order valence-electron chi connectivity index (χ0n) is 23.1. The van der Waals surface area contributed by atoms with Gasteiger partial charge in [-0.3, -0.25) is 9.71 Å². The van der Waals surface area contributed by atoms with E-state index in [1.807, 2.05) is 43.3 Å². The van der Waals surface area contributed by atoms with Gasteiger partial charge in [-0.25, -0.2) is 23.4 Å². The van der Waals surface area contributed by atoms with E-state index in [0.717, 1.165) is 42.4 Å². The van der Waals surface area contributed by atoms with Crippen LogP contribution in [0.5, 0.6) is 11.6 Å². The van der Waals surface area contributed by atoms with Gasteiger partial charge in [-0.05, 0) is 73.8 Å². The normalized spacial score (nSPS) is 15.3. The molecule has 0 saturated carbocycles. The molecule has 5 aromatic rings. The first-order valence-electron chi connectivity index (χ1n) is 13.8. The Labute approximate surface area is 244 Å². The van der Waals surface area contributed by atoms with Gasteiger partial charge in [0.2, 0.25) is 21.9 Å². The molecule has 1 fully saturated rings. The Balaban J connectivity index is 1.30. The molecule has 10 nitrogen and oxygen atoms in total. The molecule has 4 heterocycles. The molecule has 2 aromatic carbocycles. The molecule has 0 bridgehead atoms. The van der Waals surface area contributed by atoms with E-state index in [4.69, 9.17) is 9.72 Å². The number of hydrogen-bond donors (Lipinski definition) is 3. The third-order valence-corrected chi connectivity index (χ3v) is 8.36. The van der Waals surface area contributed by atoms with Crippen LogP contribution in [-0.4, -0.2) is 47.5 Å². The molecule has 214 valence electrons. The minimum atomic E-state index is -3.67. The third kappa shape index (κ3) is 6.32. The Morgan fingerprint density at radius 3 is 2.67 bits per heavy atom. The van der Waals surface area contributed by atoms with Crippen LogP contribution in [-0.2, 0) is 15.8 Å². The van der Waals surface area contributed by atoms with Crippen LogP contribution >= 0.6 is 0 Å². The second kappa shape index (κ2) is 12.1. The molecule has 6 rings (SSSR count). The van der Waals surface area contributed by atoms with Crippen molar-refractivity contribution in [2.45, 2.75) is 31.6 Å². The number of pyridine rings is 2. The number of nitrogens with one attached hydrogen (secondary N) is 3. The zero-order chi connectivity index (χ0) is 28.9. The fourth-order valence-electron chi connectivity index (χ4n) is 5.07. The highest BCUT2D eigenvalue weighted by Gasteiger charge is 2.19. The zero-order valence-corrected chi connectivity index (χ0v) is 23.9. The highest BCUT2D eigenvalue weighted by molar-refractivity contribution is 7.91. The Morgan fingerprint density at radius 1 is 0.952 bits per heavy atom. The van der Waals surface area contributed by atoms with Crippen molar-refractivity contribution in [1.29, 1.82) is 0 Å². The van der Waals surface area contributed by atoms with E-state index in [1.165, 1.54) is 0 Å². The number of piperidine rings is 1. The van der Waals surface area contributed by atoms with Crippen molar-refractivity contribution in [1.82, 2.24) is 25.3 Å². The number of aromatic nitrogens is 4. The van der Waals surface area contributed by atoms with Crippen molar-refractivity contribution in [2.24, 2.45) is 0 Å². The number of benzene rings is 2. The minimum absolute atomic E-state index is 0.161. The first-order valence-corrected chi connectivity index (χ1v) is 15.5. The van der Waals surface area contributed by atoms with E-state index in [2.05, 4.69) is 30.3 Å². The summed E-state index contributed by atoms with van der Waals surface area (Å²) in [7, 11) is -3.67. The summed E-state index contributed by atoms with van der Waals surface area (Å²) >= 11 is 0. The van der Waals surface area contributed by atoms with Crippen LogP contribution in [0.3, 0.4) is 0 Å². The molecule has 3 N–H and O–H groups in total. The third-order valence-electron chi connectivity index (χ3n) is 7.11. The van der Waals surface area contributed by atoms with Gasteiger partial charge in [0.05, 0.1) is 22.7 Å². The molecule has 1 atom stereocenters. The van der Waals surface area contributed by atoms with Crippen molar-refractivity contribution >= 4 is 32.4 Å². The van der Waals surface area contributed by atoms with Crippen LogP contribution in [0.4, 0.5) is 11.6 Å². The SMILES string of the molecule is Cc1ccc2c(NS(=O)(=O)Cc3ccncc3)cccc2c1Oc1ncccc1-c1ccnc(N[C@H]2CCCNC2)n1. The summed E-state index contributed by atoms with van der Waals surface area (Å²) in [4.78, 5) is 17.7. The number of hydrogen-bond acceptors (Lipinski definition) is 9. The second-order valence-electron chi connectivity index (χ2n) is 10.2. The monoisotopic (exact) mass is 581 g/mol. The summed E-state index contributed by atoms with van der Waals surface area (Å²) in [5, 5.41) is 8.29. The van der Waals surface area contributed by atoms with Gasteiger partial charge in [0, 0.05) is 48.1 Å². The van der Waals surface area contributed by atoms with Crippen LogP contribution in [0.2, 0.25) is 0 Å². The molecule has 0 radical (unpaired) electrons. The van der Waals surface area contributed by atoms with E-state index < -0.39 is 10.0 Å². The maximum atomic E-state index is 13.0. The number of fused-ring (bicyclic) bond motifs is 1. The quantitative estimate of drug-likeness (QED) is 0.212. The van der Waals surface area contributed by atoms with Gasteiger partial charge in [0.1, 0.15) is 5.75 Å². The average molecular weight is 582 g/mol. The molecular formula is C31H31N7O3S. The molecule has 0 unspecified atom stereocenters. The number of sulfonamides is 1. The van der Waals surface area contributed by atoms with E-state index in [1.54, 1.807) is 49.1 Å². The molecule has 0 aliphatic carbocycles. The van der Waals surface area contributed by atoms with Crippen molar-refractivity contribution in [3.05, 3.63) is 96.6 Å². The lowest BCUT2D eigenvalue weighted by Crippen LogP contribution is -2.38. The number of ether oxygens (including phenoxy) is 1. The van der Waals surface area contributed by atoms with Crippen molar-refractivity contribution in [3.63, 3.8) is 0 Å². The minimum Gasteiger partial charge on any atom is -0.437 e. The molecule has 1 saturated heterocycles. The fourth-order valence-corrected chi connectivity index (χ4v) is 6.28. The maximum Gasteiger partial charge on any atom is 0.236 e.